The number of hydrogen-bond acceptors (Lipinski definition) is 6. The van der Waals surface area contributed by atoms with E-state index in [-0.39, 0.29) is 5.75 Å². The molecule has 0 unspecified atom stereocenters. The fraction of sp³-hybridized carbons (Fsp3) is 0.222. The Morgan fingerprint density at radius 3 is 2.57 bits per heavy atom. The van der Waals surface area contributed by atoms with Crippen LogP contribution in [0.4, 0.5) is 5.69 Å². The lowest BCUT2D eigenvalue weighted by Gasteiger charge is -2.21. The zero-order valence-electron chi connectivity index (χ0n) is 15.3. The van der Waals surface area contributed by atoms with Crippen molar-refractivity contribution in [3.63, 3.8) is 0 Å². The fourth-order valence-electron chi connectivity index (χ4n) is 2.23. The molecule has 2 rings (SSSR count). The van der Waals surface area contributed by atoms with Crippen LogP contribution in [0.25, 0.3) is 0 Å². The van der Waals surface area contributed by atoms with Gasteiger partial charge in [0.15, 0.2) is 11.5 Å². The van der Waals surface area contributed by atoms with Gasteiger partial charge in [-0.2, -0.15) is 5.10 Å². The summed E-state index contributed by atoms with van der Waals surface area (Å²) in [7, 11) is -3.69. The average Bonchev–Trinajstić information content (AvgIpc) is 2.62. The van der Waals surface area contributed by atoms with Crippen molar-refractivity contribution in [2.24, 2.45) is 5.10 Å². The normalized spacial score (nSPS) is 11.4. The van der Waals surface area contributed by atoms with Crippen LogP contribution in [-0.2, 0) is 14.8 Å². The summed E-state index contributed by atoms with van der Waals surface area (Å²) >= 11 is 5.81. The minimum atomic E-state index is -3.69. The van der Waals surface area contributed by atoms with Crippen molar-refractivity contribution in [2.75, 3.05) is 23.7 Å². The molecule has 0 fully saturated rings. The molecule has 0 bridgehead atoms. The molecular weight excluding hydrogens is 406 g/mol. The van der Waals surface area contributed by atoms with Gasteiger partial charge in [0, 0.05) is 5.02 Å². The second-order valence-corrected chi connectivity index (χ2v) is 8.04. The molecule has 150 valence electrons. The van der Waals surface area contributed by atoms with Crippen LogP contribution in [0.2, 0.25) is 5.02 Å². The van der Waals surface area contributed by atoms with Gasteiger partial charge < -0.3 is 9.84 Å². The Balaban J connectivity index is 2.06. The first-order valence-corrected chi connectivity index (χ1v) is 10.4. The Labute approximate surface area is 168 Å². The van der Waals surface area contributed by atoms with E-state index < -0.39 is 22.5 Å². The summed E-state index contributed by atoms with van der Waals surface area (Å²) in [4.78, 5) is 12.1. The molecule has 1 amide bonds. The van der Waals surface area contributed by atoms with Crippen molar-refractivity contribution in [1.82, 2.24) is 5.43 Å². The van der Waals surface area contributed by atoms with E-state index in [9.17, 15) is 18.3 Å². The smallest absolute Gasteiger partial charge is 0.260 e. The molecule has 0 radical (unpaired) electrons. The quantitative estimate of drug-likeness (QED) is 0.498. The number of hydrogen-bond donors (Lipinski definition) is 2. The zero-order chi connectivity index (χ0) is 20.7. The maximum atomic E-state index is 12.1. The van der Waals surface area contributed by atoms with Crippen LogP contribution in [-0.4, -0.2) is 45.1 Å². The summed E-state index contributed by atoms with van der Waals surface area (Å²) in [5.41, 5.74) is 3.17. The topological polar surface area (TPSA) is 108 Å². The third-order valence-electron chi connectivity index (χ3n) is 3.49. The van der Waals surface area contributed by atoms with E-state index in [1.165, 1.54) is 36.5 Å². The molecule has 0 saturated carbocycles. The molecule has 0 aliphatic carbocycles. The second kappa shape index (κ2) is 9.43. The number of carbonyl (C=O) groups excluding carboxylic acids is 1. The Hall–Kier alpha value is -2.78. The van der Waals surface area contributed by atoms with Crippen molar-refractivity contribution in [3.05, 3.63) is 53.1 Å². The fourth-order valence-corrected chi connectivity index (χ4v) is 3.22. The van der Waals surface area contributed by atoms with Gasteiger partial charge in [-0.25, -0.2) is 13.8 Å². The molecule has 0 heterocycles. The van der Waals surface area contributed by atoms with Crippen molar-refractivity contribution in [1.29, 1.82) is 0 Å². The number of nitrogens with one attached hydrogen (secondary N) is 1. The number of anilines is 1. The van der Waals surface area contributed by atoms with Gasteiger partial charge in [0.25, 0.3) is 5.91 Å². The van der Waals surface area contributed by atoms with Gasteiger partial charge in [0.05, 0.1) is 24.8 Å². The van der Waals surface area contributed by atoms with Crippen molar-refractivity contribution < 1.29 is 23.1 Å². The number of nitrogens with zero attached hydrogens (tertiary/aromatic N) is 2. The number of benzene rings is 2. The molecule has 0 atom stereocenters. The number of hydrazone groups is 1. The van der Waals surface area contributed by atoms with E-state index in [2.05, 4.69) is 10.5 Å². The monoisotopic (exact) mass is 425 g/mol. The average molecular weight is 426 g/mol. The molecule has 0 saturated heterocycles. The van der Waals surface area contributed by atoms with E-state index >= 15 is 0 Å². The number of halogens is 1. The Morgan fingerprint density at radius 2 is 1.96 bits per heavy atom. The SMILES string of the molecule is CCOc1cc(/C=N\NC(=O)CN(c2ccc(Cl)cc2)S(C)(=O)=O)ccc1O. The summed E-state index contributed by atoms with van der Waals surface area (Å²) in [6.07, 6.45) is 2.36. The van der Waals surface area contributed by atoms with E-state index in [4.69, 9.17) is 16.3 Å². The summed E-state index contributed by atoms with van der Waals surface area (Å²) in [6, 6.07) is 10.7. The number of ether oxygens (including phenoxy) is 1. The third kappa shape index (κ3) is 6.14. The van der Waals surface area contributed by atoms with Gasteiger partial charge in [0.1, 0.15) is 6.54 Å². The van der Waals surface area contributed by atoms with Gasteiger partial charge in [-0.1, -0.05) is 11.6 Å². The number of rotatable bonds is 8. The van der Waals surface area contributed by atoms with Gasteiger partial charge in [-0.05, 0) is 55.0 Å². The lowest BCUT2D eigenvalue weighted by atomic mass is 10.2. The Morgan fingerprint density at radius 1 is 1.29 bits per heavy atom. The summed E-state index contributed by atoms with van der Waals surface area (Å²) in [6.45, 7) is 1.73. The van der Waals surface area contributed by atoms with Gasteiger partial charge in [-0.3, -0.25) is 9.10 Å². The first-order valence-electron chi connectivity index (χ1n) is 8.21. The highest BCUT2D eigenvalue weighted by Gasteiger charge is 2.20. The predicted octanol–water partition coefficient (Wildman–Crippen LogP) is 2.36. The summed E-state index contributed by atoms with van der Waals surface area (Å²) in [5, 5.41) is 13.9. The minimum absolute atomic E-state index is 0.00482. The molecular formula is C18H20ClN3O5S. The number of sulfonamides is 1. The van der Waals surface area contributed by atoms with Crippen LogP contribution in [0.3, 0.4) is 0 Å². The molecule has 28 heavy (non-hydrogen) atoms. The molecule has 2 aromatic rings. The predicted molar refractivity (Wildman–Crippen MR) is 109 cm³/mol. The number of phenolic OH excluding ortho intramolecular Hbond substituents is 1. The Kier molecular flexibility index (Phi) is 7.24. The van der Waals surface area contributed by atoms with Crippen LogP contribution in [0.1, 0.15) is 12.5 Å². The zero-order valence-corrected chi connectivity index (χ0v) is 16.9. The van der Waals surface area contributed by atoms with E-state index in [1.54, 1.807) is 19.1 Å². The molecule has 0 aliphatic rings. The number of phenols is 1. The van der Waals surface area contributed by atoms with Crippen LogP contribution in [0.5, 0.6) is 11.5 Å². The van der Waals surface area contributed by atoms with Crippen LogP contribution < -0.4 is 14.5 Å². The molecule has 2 N–H and O–H groups in total. The molecule has 0 aromatic heterocycles. The summed E-state index contributed by atoms with van der Waals surface area (Å²) < 4.78 is 30.2. The van der Waals surface area contributed by atoms with Crippen molar-refractivity contribution in [3.8, 4) is 11.5 Å². The highest BCUT2D eigenvalue weighted by atomic mass is 35.5. The van der Waals surface area contributed by atoms with Gasteiger partial charge in [-0.15, -0.1) is 0 Å². The minimum Gasteiger partial charge on any atom is -0.504 e. The Bertz CT molecular complexity index is 962. The lowest BCUT2D eigenvalue weighted by Crippen LogP contribution is -2.38. The molecule has 10 heteroatoms. The highest BCUT2D eigenvalue weighted by Crippen LogP contribution is 2.26. The highest BCUT2D eigenvalue weighted by molar-refractivity contribution is 7.92. The number of carbonyl (C=O) groups is 1. The number of aromatic hydroxyl groups is 1. The standard InChI is InChI=1S/C18H20ClN3O5S/c1-3-27-17-10-13(4-9-16(17)23)11-20-21-18(24)12-22(28(2,25)26)15-7-5-14(19)6-8-15/h4-11,23H,3,12H2,1-2H3,(H,21,24)/b20-11-. The lowest BCUT2D eigenvalue weighted by molar-refractivity contribution is -0.119. The van der Waals surface area contributed by atoms with Crippen LogP contribution in [0.15, 0.2) is 47.6 Å². The van der Waals surface area contributed by atoms with Gasteiger partial charge in [0.2, 0.25) is 10.0 Å². The van der Waals surface area contributed by atoms with Crippen LogP contribution >= 0.6 is 11.6 Å². The molecule has 0 aliphatic heterocycles. The van der Waals surface area contributed by atoms with Crippen molar-refractivity contribution in [2.45, 2.75) is 6.92 Å². The first-order chi connectivity index (χ1) is 13.2. The summed E-state index contributed by atoms with van der Waals surface area (Å²) in [5.74, 6) is -0.334. The number of amides is 1. The van der Waals surface area contributed by atoms with Crippen molar-refractivity contribution >= 4 is 39.4 Å². The second-order valence-electron chi connectivity index (χ2n) is 5.70. The van der Waals surface area contributed by atoms with Crippen LogP contribution in [0, 0.1) is 0 Å². The molecule has 2 aromatic carbocycles. The molecule has 0 spiro atoms. The maximum Gasteiger partial charge on any atom is 0.260 e. The van der Waals surface area contributed by atoms with E-state index in [0.29, 0.717) is 28.6 Å². The first kappa shape index (κ1) is 21.5. The largest absolute Gasteiger partial charge is 0.504 e. The molecule has 8 nitrogen and oxygen atoms in total. The van der Waals surface area contributed by atoms with Gasteiger partial charge >= 0.3 is 0 Å². The third-order valence-corrected chi connectivity index (χ3v) is 4.88. The van der Waals surface area contributed by atoms with E-state index in [0.717, 1.165) is 10.6 Å². The van der Waals surface area contributed by atoms with E-state index in [1.807, 2.05) is 0 Å². The maximum absolute atomic E-state index is 12.1.